The maximum absolute atomic E-state index is 12.2. The Balaban J connectivity index is 2.83. The second-order valence-corrected chi connectivity index (χ2v) is 7.97. The van der Waals surface area contributed by atoms with Crippen LogP contribution in [0.5, 0.6) is 0 Å². The van der Waals surface area contributed by atoms with Crippen LogP contribution in [0.3, 0.4) is 0 Å². The molecular weight excluding hydrogens is 334 g/mol. The van der Waals surface area contributed by atoms with Gasteiger partial charge in [-0.3, -0.25) is 0 Å². The van der Waals surface area contributed by atoms with Crippen molar-refractivity contribution < 1.29 is 18.3 Å². The van der Waals surface area contributed by atoms with E-state index in [1.807, 2.05) is 6.92 Å². The van der Waals surface area contributed by atoms with Crippen molar-refractivity contribution in [3.05, 3.63) is 28.8 Å². The molecule has 1 unspecified atom stereocenters. The van der Waals surface area contributed by atoms with Gasteiger partial charge in [0.15, 0.2) is 0 Å². The number of sulfonamides is 1. The average Bonchev–Trinajstić information content (AvgIpc) is 2.37. The van der Waals surface area contributed by atoms with Crippen molar-refractivity contribution in [2.75, 3.05) is 11.5 Å². The second-order valence-electron chi connectivity index (χ2n) is 4.45. The molecule has 0 aliphatic heterocycles. The van der Waals surface area contributed by atoms with Gasteiger partial charge in [-0.05, 0) is 43.0 Å². The van der Waals surface area contributed by atoms with Crippen LogP contribution in [0.15, 0.2) is 23.1 Å². The van der Waals surface area contributed by atoms with Crippen LogP contribution in [0.4, 0.5) is 0 Å². The molecule has 0 aliphatic rings. The van der Waals surface area contributed by atoms with E-state index in [-0.39, 0.29) is 21.5 Å². The van der Waals surface area contributed by atoms with Crippen molar-refractivity contribution in [3.8, 4) is 0 Å². The summed E-state index contributed by atoms with van der Waals surface area (Å²) in [6, 6.07) is 3.38. The van der Waals surface area contributed by atoms with Crippen molar-refractivity contribution in [1.29, 1.82) is 0 Å². The zero-order chi connectivity index (χ0) is 16.0. The number of carboxylic acid groups (broad SMARTS) is 1. The molecule has 21 heavy (non-hydrogen) atoms. The van der Waals surface area contributed by atoms with E-state index in [9.17, 15) is 13.2 Å². The van der Waals surface area contributed by atoms with Crippen LogP contribution in [0.1, 0.15) is 30.6 Å². The number of carbonyl (C=O) groups is 1. The summed E-state index contributed by atoms with van der Waals surface area (Å²) in [4.78, 5) is 10.8. The molecule has 0 saturated heterocycles. The number of hydrogen-bond donors (Lipinski definition) is 2. The van der Waals surface area contributed by atoms with Gasteiger partial charge in [-0.25, -0.2) is 17.9 Å². The maximum Gasteiger partial charge on any atom is 0.337 e. The van der Waals surface area contributed by atoms with Gasteiger partial charge in [0, 0.05) is 6.04 Å². The molecule has 0 amide bonds. The second kappa shape index (κ2) is 8.03. The summed E-state index contributed by atoms with van der Waals surface area (Å²) in [5, 5.41) is 8.78. The summed E-state index contributed by atoms with van der Waals surface area (Å²) >= 11 is 7.54. The van der Waals surface area contributed by atoms with E-state index in [1.165, 1.54) is 12.1 Å². The highest BCUT2D eigenvalue weighted by molar-refractivity contribution is 7.99. The van der Waals surface area contributed by atoms with Crippen LogP contribution in [0.25, 0.3) is 0 Å². The summed E-state index contributed by atoms with van der Waals surface area (Å²) < 4.78 is 26.9. The molecule has 0 heterocycles. The smallest absolute Gasteiger partial charge is 0.337 e. The fraction of sp³-hybridized carbons (Fsp3) is 0.462. The van der Waals surface area contributed by atoms with Gasteiger partial charge in [0.2, 0.25) is 10.0 Å². The molecule has 0 aliphatic carbocycles. The first-order valence-corrected chi connectivity index (χ1v) is 9.42. The molecule has 1 aromatic rings. The number of rotatable bonds is 8. The highest BCUT2D eigenvalue weighted by atomic mass is 35.5. The van der Waals surface area contributed by atoms with Crippen LogP contribution in [0.2, 0.25) is 5.02 Å². The lowest BCUT2D eigenvalue weighted by atomic mass is 10.2. The Hall–Kier alpha value is -0.760. The highest BCUT2D eigenvalue weighted by Crippen LogP contribution is 2.21. The molecule has 5 nitrogen and oxygen atoms in total. The standard InChI is InChI=1S/C13H18ClNO4S2/c1-3-20-7-6-9(2)15-21(18,19)10-4-5-11(13(16)17)12(14)8-10/h4-5,8-9,15H,3,6-7H2,1-2H3,(H,16,17). The minimum Gasteiger partial charge on any atom is -0.478 e. The molecule has 1 atom stereocenters. The largest absolute Gasteiger partial charge is 0.478 e. The summed E-state index contributed by atoms with van der Waals surface area (Å²) in [7, 11) is -3.70. The van der Waals surface area contributed by atoms with Gasteiger partial charge in [0.1, 0.15) is 0 Å². The van der Waals surface area contributed by atoms with Crippen molar-refractivity contribution in [2.24, 2.45) is 0 Å². The van der Waals surface area contributed by atoms with Gasteiger partial charge in [0.05, 0.1) is 15.5 Å². The van der Waals surface area contributed by atoms with E-state index in [4.69, 9.17) is 16.7 Å². The van der Waals surface area contributed by atoms with E-state index in [2.05, 4.69) is 4.72 Å². The summed E-state index contributed by atoms with van der Waals surface area (Å²) in [6.45, 7) is 3.84. The first-order valence-electron chi connectivity index (χ1n) is 6.41. The Morgan fingerprint density at radius 3 is 2.67 bits per heavy atom. The lowest BCUT2D eigenvalue weighted by molar-refractivity contribution is 0.0697. The minimum atomic E-state index is -3.70. The number of aromatic carboxylic acids is 1. The quantitative estimate of drug-likeness (QED) is 0.703. The molecule has 1 aromatic carbocycles. The van der Waals surface area contributed by atoms with Crippen molar-refractivity contribution in [3.63, 3.8) is 0 Å². The Labute approximate surface area is 134 Å². The first-order chi connectivity index (χ1) is 9.77. The van der Waals surface area contributed by atoms with E-state index in [0.29, 0.717) is 0 Å². The molecule has 0 aromatic heterocycles. The van der Waals surface area contributed by atoms with E-state index in [1.54, 1.807) is 18.7 Å². The maximum atomic E-state index is 12.2. The number of thioether (sulfide) groups is 1. The van der Waals surface area contributed by atoms with Gasteiger partial charge in [0.25, 0.3) is 0 Å². The predicted molar refractivity (Wildman–Crippen MR) is 85.8 cm³/mol. The Kier molecular flexibility index (Phi) is 6.99. The molecule has 0 spiro atoms. The molecule has 8 heteroatoms. The fourth-order valence-corrected chi connectivity index (χ4v) is 4.07. The number of halogens is 1. The number of carboxylic acids is 1. The summed E-state index contributed by atoms with van der Waals surface area (Å²) in [6.07, 6.45) is 0.721. The molecule has 118 valence electrons. The summed E-state index contributed by atoms with van der Waals surface area (Å²) in [5.74, 6) is 0.673. The van der Waals surface area contributed by atoms with Gasteiger partial charge in [-0.1, -0.05) is 18.5 Å². The Bertz CT molecular complexity index is 604. The molecule has 0 radical (unpaired) electrons. The normalized spacial score (nSPS) is 13.1. The summed E-state index contributed by atoms with van der Waals surface area (Å²) in [5.41, 5.74) is -0.122. The molecule has 1 rings (SSSR count). The van der Waals surface area contributed by atoms with Gasteiger partial charge in [-0.15, -0.1) is 0 Å². The van der Waals surface area contributed by atoms with Crippen LogP contribution in [-0.2, 0) is 10.0 Å². The van der Waals surface area contributed by atoms with Crippen LogP contribution in [-0.4, -0.2) is 37.0 Å². The topological polar surface area (TPSA) is 83.5 Å². The first kappa shape index (κ1) is 18.3. The third-order valence-corrected chi connectivity index (χ3v) is 5.57. The predicted octanol–water partition coefficient (Wildman–Crippen LogP) is 2.85. The van der Waals surface area contributed by atoms with Crippen LogP contribution < -0.4 is 4.72 Å². The van der Waals surface area contributed by atoms with Gasteiger partial charge < -0.3 is 5.11 Å². The monoisotopic (exact) mass is 351 g/mol. The fourth-order valence-electron chi connectivity index (χ4n) is 1.63. The Morgan fingerprint density at radius 2 is 2.14 bits per heavy atom. The number of nitrogens with one attached hydrogen (secondary N) is 1. The molecular formula is C13H18ClNO4S2. The lowest BCUT2D eigenvalue weighted by Crippen LogP contribution is -2.33. The SMILES string of the molecule is CCSCCC(C)NS(=O)(=O)c1ccc(C(=O)O)c(Cl)c1. The Morgan fingerprint density at radius 1 is 1.48 bits per heavy atom. The third kappa shape index (κ3) is 5.50. The van der Waals surface area contributed by atoms with Gasteiger partial charge >= 0.3 is 5.97 Å². The molecule has 0 saturated carbocycles. The number of hydrogen-bond acceptors (Lipinski definition) is 4. The van der Waals surface area contributed by atoms with Crippen molar-refractivity contribution in [2.45, 2.75) is 31.2 Å². The van der Waals surface area contributed by atoms with E-state index < -0.39 is 16.0 Å². The molecule has 2 N–H and O–H groups in total. The zero-order valence-corrected chi connectivity index (χ0v) is 14.2. The molecule has 0 fully saturated rings. The van der Waals surface area contributed by atoms with Crippen molar-refractivity contribution in [1.82, 2.24) is 4.72 Å². The lowest BCUT2D eigenvalue weighted by Gasteiger charge is -2.14. The highest BCUT2D eigenvalue weighted by Gasteiger charge is 2.19. The number of benzene rings is 1. The zero-order valence-electron chi connectivity index (χ0n) is 11.8. The molecule has 0 bridgehead atoms. The van der Waals surface area contributed by atoms with Crippen LogP contribution in [0, 0.1) is 0 Å². The average molecular weight is 352 g/mol. The van der Waals surface area contributed by atoms with Crippen molar-refractivity contribution >= 4 is 39.4 Å². The van der Waals surface area contributed by atoms with E-state index in [0.717, 1.165) is 24.0 Å². The third-order valence-electron chi connectivity index (χ3n) is 2.74. The van der Waals surface area contributed by atoms with E-state index >= 15 is 0 Å². The minimum absolute atomic E-state index is 0.0347. The van der Waals surface area contributed by atoms with Gasteiger partial charge in [-0.2, -0.15) is 11.8 Å². The van der Waals surface area contributed by atoms with Crippen LogP contribution >= 0.6 is 23.4 Å².